The molecule has 0 saturated carbocycles. The van der Waals surface area contributed by atoms with E-state index < -0.39 is 12.0 Å². The third-order valence-electron chi connectivity index (χ3n) is 2.45. The van der Waals surface area contributed by atoms with Crippen LogP contribution in [0.15, 0.2) is 18.2 Å². The molecule has 0 bridgehead atoms. The van der Waals surface area contributed by atoms with Crippen molar-refractivity contribution in [3.8, 4) is 5.75 Å². The molecule has 2 rings (SSSR count). The molecule has 0 aromatic heterocycles. The molecule has 0 spiro atoms. The van der Waals surface area contributed by atoms with Crippen LogP contribution in [0.5, 0.6) is 5.75 Å². The summed E-state index contributed by atoms with van der Waals surface area (Å²) in [5.41, 5.74) is 0.651. The van der Waals surface area contributed by atoms with Gasteiger partial charge < -0.3 is 9.64 Å². The fraction of sp³-hybridized carbons (Fsp3) is 0.364. The second-order valence-electron chi connectivity index (χ2n) is 3.47. The lowest BCUT2D eigenvalue weighted by atomic mass is 10.2. The van der Waals surface area contributed by atoms with Gasteiger partial charge in [0.1, 0.15) is 0 Å². The molecule has 0 saturated heterocycles. The molecule has 86 valence electrons. The average Bonchev–Trinajstić information content (AvgIpc) is 2.66. The van der Waals surface area contributed by atoms with Crippen molar-refractivity contribution in [1.29, 1.82) is 0 Å². The molecular weight excluding hydrogens is 277 g/mol. The van der Waals surface area contributed by atoms with Gasteiger partial charge in [0.15, 0.2) is 17.9 Å². The van der Waals surface area contributed by atoms with Crippen LogP contribution < -0.4 is 9.64 Å². The monoisotopic (exact) mass is 287 g/mol. The molecule has 1 aromatic carbocycles. The number of rotatable bonds is 4. The predicted molar refractivity (Wildman–Crippen MR) is 62.6 cm³/mol. The summed E-state index contributed by atoms with van der Waals surface area (Å²) in [6.45, 7) is 0.658. The SMILES string of the molecule is O=CC1Oc2c(F)cccc2N1CCCBr. The zero-order valence-corrected chi connectivity index (χ0v) is 10.1. The highest BCUT2D eigenvalue weighted by Gasteiger charge is 2.32. The molecule has 0 aliphatic carbocycles. The number of nitrogens with zero attached hydrogens (tertiary/aromatic N) is 1. The molecule has 1 aliphatic rings. The summed E-state index contributed by atoms with van der Waals surface area (Å²) in [7, 11) is 0. The molecule has 0 amide bonds. The summed E-state index contributed by atoms with van der Waals surface area (Å²) in [4.78, 5) is 12.6. The standard InChI is InChI=1S/C11H11BrFNO2/c12-5-2-6-14-9-4-1-3-8(13)11(9)16-10(14)7-15/h1,3-4,7,10H,2,5-6H2. The molecular formula is C11H11BrFNO2. The van der Waals surface area contributed by atoms with Gasteiger partial charge in [-0.1, -0.05) is 22.0 Å². The third kappa shape index (κ3) is 1.91. The summed E-state index contributed by atoms with van der Waals surface area (Å²) in [5, 5.41) is 0.833. The molecule has 3 nitrogen and oxygen atoms in total. The quantitative estimate of drug-likeness (QED) is 0.629. The van der Waals surface area contributed by atoms with Crippen molar-refractivity contribution in [1.82, 2.24) is 0 Å². The lowest BCUT2D eigenvalue weighted by molar-refractivity contribution is -0.113. The average molecular weight is 288 g/mol. The summed E-state index contributed by atoms with van der Waals surface area (Å²) in [6, 6.07) is 4.71. The number of benzene rings is 1. The number of fused-ring (bicyclic) bond motifs is 1. The lowest BCUT2D eigenvalue weighted by Gasteiger charge is -2.20. The Morgan fingerprint density at radius 3 is 3.06 bits per heavy atom. The lowest BCUT2D eigenvalue weighted by Crippen LogP contribution is -2.36. The van der Waals surface area contributed by atoms with Crippen molar-refractivity contribution in [3.05, 3.63) is 24.0 Å². The Kier molecular flexibility index (Phi) is 3.43. The van der Waals surface area contributed by atoms with Crippen molar-refractivity contribution in [2.24, 2.45) is 0 Å². The van der Waals surface area contributed by atoms with Crippen molar-refractivity contribution in [2.75, 3.05) is 16.8 Å². The van der Waals surface area contributed by atoms with Gasteiger partial charge in [0, 0.05) is 11.9 Å². The minimum absolute atomic E-state index is 0.175. The van der Waals surface area contributed by atoms with Crippen LogP contribution in [0.3, 0.4) is 0 Å². The molecule has 0 radical (unpaired) electrons. The maximum atomic E-state index is 13.4. The first-order chi connectivity index (χ1) is 7.77. The molecule has 0 fully saturated rings. The van der Waals surface area contributed by atoms with E-state index in [0.717, 1.165) is 11.8 Å². The molecule has 1 heterocycles. The van der Waals surface area contributed by atoms with Crippen LogP contribution in [0.1, 0.15) is 6.42 Å². The Balaban J connectivity index is 2.29. The van der Waals surface area contributed by atoms with Crippen LogP contribution in [-0.2, 0) is 4.79 Å². The van der Waals surface area contributed by atoms with E-state index in [0.29, 0.717) is 18.5 Å². The minimum Gasteiger partial charge on any atom is -0.458 e. The smallest absolute Gasteiger partial charge is 0.229 e. The number of para-hydroxylation sites is 1. The Morgan fingerprint density at radius 1 is 1.56 bits per heavy atom. The molecule has 1 unspecified atom stereocenters. The van der Waals surface area contributed by atoms with Crippen LogP contribution in [0, 0.1) is 5.82 Å². The van der Waals surface area contributed by atoms with Crippen molar-refractivity contribution >= 4 is 27.9 Å². The molecule has 0 N–H and O–H groups in total. The highest BCUT2D eigenvalue weighted by molar-refractivity contribution is 9.09. The Bertz CT molecular complexity index is 400. The van der Waals surface area contributed by atoms with Gasteiger partial charge in [-0.3, -0.25) is 4.79 Å². The molecule has 1 aromatic rings. The predicted octanol–water partition coefficient (Wildman–Crippen LogP) is 2.33. The number of hydrogen-bond donors (Lipinski definition) is 0. The highest BCUT2D eigenvalue weighted by atomic mass is 79.9. The Hall–Kier alpha value is -1.10. The first-order valence-corrected chi connectivity index (χ1v) is 6.13. The van der Waals surface area contributed by atoms with E-state index in [9.17, 15) is 9.18 Å². The van der Waals surface area contributed by atoms with Gasteiger partial charge in [-0.15, -0.1) is 0 Å². The van der Waals surface area contributed by atoms with E-state index >= 15 is 0 Å². The van der Waals surface area contributed by atoms with Gasteiger partial charge in [0.2, 0.25) is 6.23 Å². The van der Waals surface area contributed by atoms with Gasteiger partial charge in [-0.2, -0.15) is 0 Å². The van der Waals surface area contributed by atoms with E-state index in [2.05, 4.69) is 15.9 Å². The fourth-order valence-electron chi connectivity index (χ4n) is 1.74. The third-order valence-corrected chi connectivity index (χ3v) is 3.01. The van der Waals surface area contributed by atoms with Crippen molar-refractivity contribution in [3.63, 3.8) is 0 Å². The second kappa shape index (κ2) is 4.82. The van der Waals surface area contributed by atoms with Crippen molar-refractivity contribution in [2.45, 2.75) is 12.6 Å². The van der Waals surface area contributed by atoms with Crippen LogP contribution >= 0.6 is 15.9 Å². The number of aldehydes is 1. The van der Waals surface area contributed by atoms with Crippen molar-refractivity contribution < 1.29 is 13.9 Å². The first-order valence-electron chi connectivity index (χ1n) is 5.01. The highest BCUT2D eigenvalue weighted by Crippen LogP contribution is 2.38. The minimum atomic E-state index is -0.703. The fourth-order valence-corrected chi connectivity index (χ4v) is 1.99. The number of ether oxygens (including phenoxy) is 1. The zero-order valence-electron chi connectivity index (χ0n) is 8.53. The van der Waals surface area contributed by atoms with Gasteiger partial charge in [0.25, 0.3) is 0 Å². The molecule has 1 aliphatic heterocycles. The summed E-state index contributed by atoms with van der Waals surface area (Å²) in [5.74, 6) is -0.250. The number of hydrogen-bond acceptors (Lipinski definition) is 3. The molecule has 5 heteroatoms. The van der Waals surface area contributed by atoms with Crippen LogP contribution in [0.25, 0.3) is 0 Å². The summed E-state index contributed by atoms with van der Waals surface area (Å²) in [6.07, 6.45) is 0.850. The Labute approximate surface area is 101 Å². The first kappa shape index (κ1) is 11.4. The van der Waals surface area contributed by atoms with E-state index in [-0.39, 0.29) is 5.75 Å². The van der Waals surface area contributed by atoms with Crippen LogP contribution in [-0.4, -0.2) is 24.4 Å². The van der Waals surface area contributed by atoms with E-state index in [4.69, 9.17) is 4.74 Å². The largest absolute Gasteiger partial charge is 0.458 e. The van der Waals surface area contributed by atoms with Crippen LogP contribution in [0.2, 0.25) is 0 Å². The van der Waals surface area contributed by atoms with E-state index in [1.807, 2.05) is 0 Å². The summed E-state index contributed by atoms with van der Waals surface area (Å²) < 4.78 is 18.7. The number of anilines is 1. The van der Waals surface area contributed by atoms with E-state index in [1.54, 1.807) is 17.0 Å². The summed E-state index contributed by atoms with van der Waals surface area (Å²) >= 11 is 3.32. The van der Waals surface area contributed by atoms with Gasteiger partial charge in [-0.05, 0) is 18.6 Å². The maximum absolute atomic E-state index is 13.4. The van der Waals surface area contributed by atoms with Gasteiger partial charge in [0.05, 0.1) is 5.69 Å². The van der Waals surface area contributed by atoms with Crippen LogP contribution in [0.4, 0.5) is 10.1 Å². The maximum Gasteiger partial charge on any atom is 0.229 e. The second-order valence-corrected chi connectivity index (χ2v) is 4.26. The van der Waals surface area contributed by atoms with Gasteiger partial charge in [-0.25, -0.2) is 4.39 Å². The number of carbonyl (C=O) groups excluding carboxylic acids is 1. The molecule has 1 atom stereocenters. The van der Waals surface area contributed by atoms with Gasteiger partial charge >= 0.3 is 0 Å². The van der Waals surface area contributed by atoms with E-state index in [1.165, 1.54) is 6.07 Å². The number of alkyl halides is 1. The zero-order chi connectivity index (χ0) is 11.5. The normalized spacial score (nSPS) is 18.1. The molecule has 16 heavy (non-hydrogen) atoms. The Morgan fingerprint density at radius 2 is 2.38 bits per heavy atom. The topological polar surface area (TPSA) is 29.5 Å². The number of halogens is 2. The number of carbonyl (C=O) groups is 1.